The predicted octanol–water partition coefficient (Wildman–Crippen LogP) is 0.657. The first-order valence-electron chi connectivity index (χ1n) is 8.75. The van der Waals surface area contributed by atoms with E-state index in [1.807, 2.05) is 19.2 Å². The maximum atomic E-state index is 12.5. The van der Waals surface area contributed by atoms with E-state index >= 15 is 0 Å². The van der Waals surface area contributed by atoms with E-state index < -0.39 is 17.1 Å². The number of aliphatic hydroxyl groups is 2. The molecule has 2 fully saturated rings. The quantitative estimate of drug-likeness (QED) is 0.818. The molecule has 1 saturated carbocycles. The van der Waals surface area contributed by atoms with Crippen LogP contribution in [0, 0.1) is 0 Å². The Kier molecular flexibility index (Phi) is 3.65. The van der Waals surface area contributed by atoms with Gasteiger partial charge in [-0.25, -0.2) is 0 Å². The highest BCUT2D eigenvalue weighted by Crippen LogP contribution is 2.60. The van der Waals surface area contributed by atoms with E-state index in [1.54, 1.807) is 14.2 Å². The van der Waals surface area contributed by atoms with Crippen molar-refractivity contribution < 1.29 is 24.5 Å². The Morgan fingerprint density at radius 3 is 2.68 bits per heavy atom. The summed E-state index contributed by atoms with van der Waals surface area (Å²) in [6.07, 6.45) is 0.350. The van der Waals surface area contributed by atoms with E-state index in [2.05, 4.69) is 4.90 Å². The highest BCUT2D eigenvalue weighted by Gasteiger charge is 2.68. The lowest BCUT2D eigenvalue weighted by atomic mass is 9.48. The average molecular weight is 347 g/mol. The van der Waals surface area contributed by atoms with E-state index in [0.717, 1.165) is 17.7 Å². The molecule has 2 aliphatic carbocycles. The SMILES string of the molecule is COc1ccc2c(c1OC)[C@@]13CCN(C)[C@@H](C2)[C@@]1(O)[C@@H](O)CC(=O)C3. The van der Waals surface area contributed by atoms with Gasteiger partial charge in [0.1, 0.15) is 11.4 Å². The smallest absolute Gasteiger partial charge is 0.164 e. The van der Waals surface area contributed by atoms with Crippen LogP contribution < -0.4 is 9.47 Å². The highest BCUT2D eigenvalue weighted by molar-refractivity contribution is 5.84. The number of ether oxygens (including phenoxy) is 2. The summed E-state index contributed by atoms with van der Waals surface area (Å²) in [6, 6.07) is 3.64. The molecule has 1 saturated heterocycles. The Morgan fingerprint density at radius 2 is 2.00 bits per heavy atom. The van der Waals surface area contributed by atoms with Gasteiger partial charge in [-0.3, -0.25) is 4.79 Å². The fourth-order valence-corrected chi connectivity index (χ4v) is 5.53. The molecule has 2 bridgehead atoms. The number of nitrogens with zero attached hydrogens (tertiary/aromatic N) is 1. The molecule has 3 aliphatic rings. The van der Waals surface area contributed by atoms with Crippen LogP contribution in [0.4, 0.5) is 0 Å². The average Bonchev–Trinajstić information content (AvgIpc) is 2.58. The van der Waals surface area contributed by atoms with Crippen molar-refractivity contribution in [2.24, 2.45) is 0 Å². The van der Waals surface area contributed by atoms with Crippen molar-refractivity contribution in [1.82, 2.24) is 4.90 Å². The van der Waals surface area contributed by atoms with Crippen molar-refractivity contribution in [2.75, 3.05) is 27.8 Å². The normalized spacial score (nSPS) is 37.2. The number of aliphatic hydroxyl groups excluding tert-OH is 1. The first kappa shape index (κ1) is 16.8. The number of benzene rings is 1. The Bertz CT molecular complexity index is 735. The Labute approximate surface area is 147 Å². The number of likely N-dealkylation sites (N-methyl/N-ethyl adjacent to an activating group) is 1. The zero-order chi connectivity index (χ0) is 18.0. The second-order valence-electron chi connectivity index (χ2n) is 7.63. The molecule has 1 aliphatic heterocycles. The second-order valence-corrected chi connectivity index (χ2v) is 7.63. The molecule has 0 radical (unpaired) electrons. The Morgan fingerprint density at radius 1 is 1.24 bits per heavy atom. The molecular formula is C19H25NO5. The van der Waals surface area contributed by atoms with Crippen LogP contribution in [-0.2, 0) is 16.6 Å². The number of hydrogen-bond donors (Lipinski definition) is 2. The number of piperidine rings is 1. The molecule has 4 rings (SSSR count). The van der Waals surface area contributed by atoms with Crippen molar-refractivity contribution in [3.63, 3.8) is 0 Å². The molecule has 4 atom stereocenters. The molecule has 0 spiro atoms. The summed E-state index contributed by atoms with van der Waals surface area (Å²) in [7, 11) is 5.13. The van der Waals surface area contributed by atoms with Gasteiger partial charge in [-0.1, -0.05) is 6.07 Å². The highest BCUT2D eigenvalue weighted by atomic mass is 16.5. The van der Waals surface area contributed by atoms with Crippen molar-refractivity contribution in [3.05, 3.63) is 23.3 Å². The van der Waals surface area contributed by atoms with Gasteiger partial charge in [0.2, 0.25) is 0 Å². The molecule has 0 amide bonds. The molecule has 1 aromatic carbocycles. The van der Waals surface area contributed by atoms with Gasteiger partial charge in [0, 0.05) is 29.9 Å². The second kappa shape index (κ2) is 5.43. The fraction of sp³-hybridized carbons (Fsp3) is 0.632. The van der Waals surface area contributed by atoms with Crippen LogP contribution in [0.15, 0.2) is 12.1 Å². The maximum Gasteiger partial charge on any atom is 0.164 e. The van der Waals surface area contributed by atoms with Crippen LogP contribution in [0.3, 0.4) is 0 Å². The van der Waals surface area contributed by atoms with Gasteiger partial charge in [-0.2, -0.15) is 0 Å². The summed E-state index contributed by atoms with van der Waals surface area (Å²) in [6.45, 7) is 0.757. The molecule has 1 aromatic rings. The minimum atomic E-state index is -1.37. The van der Waals surface area contributed by atoms with Crippen LogP contribution in [-0.4, -0.2) is 66.5 Å². The third-order valence-corrected chi connectivity index (χ3v) is 6.65. The fourth-order valence-electron chi connectivity index (χ4n) is 5.53. The lowest BCUT2D eigenvalue weighted by Crippen LogP contribution is -2.77. The lowest BCUT2D eigenvalue weighted by molar-refractivity contribution is -0.213. The topological polar surface area (TPSA) is 79.2 Å². The van der Waals surface area contributed by atoms with Crippen molar-refractivity contribution in [3.8, 4) is 11.5 Å². The van der Waals surface area contributed by atoms with Gasteiger partial charge in [0.25, 0.3) is 0 Å². The number of likely N-dealkylation sites (tertiary alicyclic amines) is 1. The molecule has 136 valence electrons. The van der Waals surface area contributed by atoms with E-state index in [1.165, 1.54) is 0 Å². The summed E-state index contributed by atoms with van der Waals surface area (Å²) < 4.78 is 11.1. The minimum absolute atomic E-state index is 0.00417. The number of fused-ring (bicyclic) bond motifs is 1. The third kappa shape index (κ3) is 1.93. The van der Waals surface area contributed by atoms with Crippen LogP contribution in [0.25, 0.3) is 0 Å². The molecule has 0 aromatic heterocycles. The summed E-state index contributed by atoms with van der Waals surface area (Å²) in [5.74, 6) is 1.14. The third-order valence-electron chi connectivity index (χ3n) is 6.65. The van der Waals surface area contributed by atoms with Gasteiger partial charge in [0.15, 0.2) is 11.5 Å². The van der Waals surface area contributed by atoms with Gasteiger partial charge >= 0.3 is 0 Å². The maximum absolute atomic E-state index is 12.5. The van der Waals surface area contributed by atoms with Crippen LogP contribution >= 0.6 is 0 Å². The molecule has 6 heteroatoms. The van der Waals surface area contributed by atoms with Gasteiger partial charge in [-0.05, 0) is 38.1 Å². The largest absolute Gasteiger partial charge is 0.493 e. The van der Waals surface area contributed by atoms with Gasteiger partial charge < -0.3 is 24.6 Å². The molecule has 0 unspecified atom stereocenters. The number of rotatable bonds is 2. The molecule has 25 heavy (non-hydrogen) atoms. The zero-order valence-electron chi connectivity index (χ0n) is 14.9. The predicted molar refractivity (Wildman–Crippen MR) is 91.2 cm³/mol. The van der Waals surface area contributed by atoms with E-state index in [9.17, 15) is 15.0 Å². The van der Waals surface area contributed by atoms with Crippen molar-refractivity contribution >= 4 is 5.78 Å². The first-order valence-corrected chi connectivity index (χ1v) is 8.75. The van der Waals surface area contributed by atoms with Crippen LogP contribution in [0.2, 0.25) is 0 Å². The van der Waals surface area contributed by atoms with Crippen molar-refractivity contribution in [2.45, 2.75) is 48.8 Å². The van der Waals surface area contributed by atoms with E-state index in [-0.39, 0.29) is 24.7 Å². The van der Waals surface area contributed by atoms with Gasteiger partial charge in [-0.15, -0.1) is 0 Å². The molecule has 1 heterocycles. The lowest BCUT2D eigenvalue weighted by Gasteiger charge is -2.64. The molecule has 6 nitrogen and oxygen atoms in total. The van der Waals surface area contributed by atoms with E-state index in [4.69, 9.17) is 9.47 Å². The summed E-state index contributed by atoms with van der Waals surface area (Å²) in [4.78, 5) is 14.6. The Hall–Kier alpha value is -1.63. The van der Waals surface area contributed by atoms with E-state index in [0.29, 0.717) is 24.3 Å². The molecule has 2 N–H and O–H groups in total. The Balaban J connectivity index is 2.05. The standard InChI is InChI=1S/C19H25NO5/c1-20-7-6-18-10-12(21)9-15(22)19(18,23)14(20)8-11-4-5-13(24-2)17(25-3)16(11)18/h4-5,14-15,22-23H,6-10H2,1-3H3/t14-,15-,18-,19+/m0/s1. The number of methoxy groups -OCH3 is 2. The first-order chi connectivity index (χ1) is 11.9. The number of ketones is 1. The zero-order valence-corrected chi connectivity index (χ0v) is 14.9. The molecular weight excluding hydrogens is 322 g/mol. The van der Waals surface area contributed by atoms with Gasteiger partial charge in [0.05, 0.1) is 20.3 Å². The minimum Gasteiger partial charge on any atom is -0.493 e. The number of carbonyl (C=O) groups excluding carboxylic acids is 1. The van der Waals surface area contributed by atoms with Crippen LogP contribution in [0.5, 0.6) is 11.5 Å². The summed E-state index contributed by atoms with van der Waals surface area (Å²) >= 11 is 0. The number of Topliss-reactive ketones (excluding diaryl/α,β-unsaturated/α-hetero) is 1. The summed E-state index contributed by atoms with van der Waals surface area (Å²) in [5.41, 5.74) is -0.318. The summed E-state index contributed by atoms with van der Waals surface area (Å²) in [5, 5.41) is 22.6. The number of carbonyl (C=O) groups is 1. The van der Waals surface area contributed by atoms with Crippen LogP contribution in [0.1, 0.15) is 30.4 Å². The number of hydrogen-bond acceptors (Lipinski definition) is 6. The van der Waals surface area contributed by atoms with Crippen molar-refractivity contribution in [1.29, 1.82) is 0 Å². The monoisotopic (exact) mass is 347 g/mol.